The molecule has 6 nitrogen and oxygen atoms in total. The van der Waals surface area contributed by atoms with E-state index in [1.165, 1.54) is 29.5 Å². The molecular formula is C24H26N2O4S2. The smallest absolute Gasteiger partial charge is 0.336 e. The predicted molar refractivity (Wildman–Crippen MR) is 128 cm³/mol. The van der Waals surface area contributed by atoms with E-state index in [0.717, 1.165) is 17.2 Å². The number of aromatic carboxylic acids is 1. The molecule has 0 saturated heterocycles. The first-order valence-electron chi connectivity index (χ1n) is 10.3. The van der Waals surface area contributed by atoms with Crippen LogP contribution in [0.4, 0.5) is 5.69 Å². The van der Waals surface area contributed by atoms with E-state index >= 15 is 0 Å². The van der Waals surface area contributed by atoms with Crippen LogP contribution in [0.15, 0.2) is 70.7 Å². The molecule has 0 fully saturated rings. The van der Waals surface area contributed by atoms with Crippen LogP contribution < -0.4 is 4.72 Å². The fraction of sp³-hybridized carbons (Fsp3) is 0.250. The summed E-state index contributed by atoms with van der Waals surface area (Å²) in [4.78, 5) is 15.8. The normalized spacial score (nSPS) is 11.5. The van der Waals surface area contributed by atoms with Crippen molar-refractivity contribution in [2.45, 2.75) is 48.8 Å². The van der Waals surface area contributed by atoms with Gasteiger partial charge in [0.05, 0.1) is 27.4 Å². The number of aromatic nitrogens is 1. The van der Waals surface area contributed by atoms with Crippen molar-refractivity contribution in [3.05, 3.63) is 83.0 Å². The molecule has 0 aliphatic heterocycles. The summed E-state index contributed by atoms with van der Waals surface area (Å²) < 4.78 is 28.0. The number of nitrogens with one attached hydrogen (secondary N) is 1. The van der Waals surface area contributed by atoms with Crippen LogP contribution in [0.5, 0.6) is 0 Å². The Kier molecular flexibility index (Phi) is 7.58. The van der Waals surface area contributed by atoms with Crippen LogP contribution in [0.3, 0.4) is 0 Å². The molecular weight excluding hydrogens is 444 g/mol. The predicted octanol–water partition coefficient (Wildman–Crippen LogP) is 5.56. The SMILES string of the molecule is CCc1ccc(CSc2ccc(NS(=O)(=O)c3ccc(C(C)C)c(C(=O)O)c3)cn2)cc1. The first kappa shape index (κ1) is 23.8. The molecule has 0 amide bonds. The van der Waals surface area contributed by atoms with Crippen LogP contribution in [0.2, 0.25) is 0 Å². The van der Waals surface area contributed by atoms with E-state index in [9.17, 15) is 18.3 Å². The Labute approximate surface area is 193 Å². The third kappa shape index (κ3) is 5.89. The molecule has 168 valence electrons. The molecule has 0 aliphatic rings. The lowest BCUT2D eigenvalue weighted by Gasteiger charge is -2.13. The van der Waals surface area contributed by atoms with Gasteiger partial charge in [-0.05, 0) is 53.3 Å². The molecule has 0 atom stereocenters. The van der Waals surface area contributed by atoms with Gasteiger partial charge in [-0.1, -0.05) is 51.1 Å². The van der Waals surface area contributed by atoms with Crippen molar-refractivity contribution in [3.63, 3.8) is 0 Å². The van der Waals surface area contributed by atoms with E-state index in [0.29, 0.717) is 11.3 Å². The summed E-state index contributed by atoms with van der Waals surface area (Å²) in [5.41, 5.74) is 3.37. The molecule has 0 aliphatic carbocycles. The molecule has 1 heterocycles. The van der Waals surface area contributed by atoms with Gasteiger partial charge in [0.2, 0.25) is 0 Å². The van der Waals surface area contributed by atoms with Crippen molar-refractivity contribution in [2.24, 2.45) is 0 Å². The van der Waals surface area contributed by atoms with E-state index in [4.69, 9.17) is 0 Å². The summed E-state index contributed by atoms with van der Waals surface area (Å²) in [6, 6.07) is 16.0. The van der Waals surface area contributed by atoms with E-state index in [1.54, 1.807) is 30.0 Å². The Bertz CT molecular complexity index is 1190. The van der Waals surface area contributed by atoms with Crippen molar-refractivity contribution in [1.82, 2.24) is 4.98 Å². The second-order valence-electron chi connectivity index (χ2n) is 7.66. The highest BCUT2D eigenvalue weighted by Gasteiger charge is 2.20. The molecule has 3 aromatic rings. The fourth-order valence-electron chi connectivity index (χ4n) is 3.16. The van der Waals surface area contributed by atoms with E-state index < -0.39 is 16.0 Å². The Balaban J connectivity index is 1.70. The second-order valence-corrected chi connectivity index (χ2v) is 10.3. The van der Waals surface area contributed by atoms with E-state index in [-0.39, 0.29) is 16.4 Å². The van der Waals surface area contributed by atoms with Crippen LogP contribution in [-0.2, 0) is 22.2 Å². The average molecular weight is 471 g/mol. The Morgan fingerprint density at radius 1 is 1.06 bits per heavy atom. The topological polar surface area (TPSA) is 96.4 Å². The number of pyridine rings is 1. The van der Waals surface area contributed by atoms with Gasteiger partial charge in [-0.25, -0.2) is 18.2 Å². The molecule has 0 spiro atoms. The van der Waals surface area contributed by atoms with Gasteiger partial charge in [-0.2, -0.15) is 0 Å². The summed E-state index contributed by atoms with van der Waals surface area (Å²) in [5.74, 6) is -0.426. The van der Waals surface area contributed by atoms with Crippen molar-refractivity contribution in [1.29, 1.82) is 0 Å². The first-order chi connectivity index (χ1) is 15.2. The summed E-state index contributed by atoms with van der Waals surface area (Å²) in [5, 5.41) is 10.2. The quantitative estimate of drug-likeness (QED) is 0.398. The zero-order chi connectivity index (χ0) is 23.3. The van der Waals surface area contributed by atoms with Crippen LogP contribution in [0, 0.1) is 0 Å². The minimum absolute atomic E-state index is 0.0142. The van der Waals surface area contributed by atoms with Crippen molar-refractivity contribution >= 4 is 33.4 Å². The summed E-state index contributed by atoms with van der Waals surface area (Å²) in [7, 11) is -3.95. The number of anilines is 1. The fourth-order valence-corrected chi connectivity index (χ4v) is 5.03. The maximum Gasteiger partial charge on any atom is 0.336 e. The van der Waals surface area contributed by atoms with Crippen LogP contribution in [0.25, 0.3) is 0 Å². The van der Waals surface area contributed by atoms with Gasteiger partial charge in [0.15, 0.2) is 0 Å². The van der Waals surface area contributed by atoms with Gasteiger partial charge in [-0.15, -0.1) is 11.8 Å². The number of sulfonamides is 1. The van der Waals surface area contributed by atoms with Crippen molar-refractivity contribution < 1.29 is 18.3 Å². The highest BCUT2D eigenvalue weighted by atomic mass is 32.2. The molecule has 2 aromatic carbocycles. The summed E-state index contributed by atoms with van der Waals surface area (Å²) in [6.07, 6.45) is 2.46. The number of hydrogen-bond donors (Lipinski definition) is 2. The molecule has 3 rings (SSSR count). The number of carboxylic acid groups (broad SMARTS) is 1. The van der Waals surface area contributed by atoms with Crippen LogP contribution in [0.1, 0.15) is 53.7 Å². The molecule has 32 heavy (non-hydrogen) atoms. The van der Waals surface area contributed by atoms with Crippen LogP contribution >= 0.6 is 11.8 Å². The third-order valence-corrected chi connectivity index (χ3v) is 7.39. The van der Waals surface area contributed by atoms with Gasteiger partial charge >= 0.3 is 5.97 Å². The number of carbonyl (C=O) groups is 1. The maximum atomic E-state index is 12.8. The third-order valence-electron chi connectivity index (χ3n) is 4.99. The lowest BCUT2D eigenvalue weighted by atomic mass is 9.97. The lowest BCUT2D eigenvalue weighted by Crippen LogP contribution is -2.15. The standard InChI is InChI=1S/C24H26N2O4S2/c1-4-17-5-7-18(8-6-17)15-31-23-12-9-19(14-25-23)26-32(29,30)20-10-11-21(16(2)3)22(13-20)24(27)28/h5-14,16,26H,4,15H2,1-3H3,(H,27,28). The summed E-state index contributed by atoms with van der Waals surface area (Å²) >= 11 is 1.57. The maximum absolute atomic E-state index is 12.8. The Morgan fingerprint density at radius 2 is 1.75 bits per heavy atom. The number of aryl methyl sites for hydroxylation is 1. The van der Waals surface area contributed by atoms with Crippen LogP contribution in [-0.4, -0.2) is 24.5 Å². The Morgan fingerprint density at radius 3 is 2.31 bits per heavy atom. The largest absolute Gasteiger partial charge is 0.478 e. The van der Waals surface area contributed by atoms with Gasteiger partial charge < -0.3 is 5.11 Å². The molecule has 0 unspecified atom stereocenters. The van der Waals surface area contributed by atoms with Crippen molar-refractivity contribution in [3.8, 4) is 0 Å². The lowest BCUT2D eigenvalue weighted by molar-refractivity contribution is 0.0695. The number of nitrogens with zero attached hydrogens (tertiary/aromatic N) is 1. The highest BCUT2D eigenvalue weighted by Crippen LogP contribution is 2.26. The monoisotopic (exact) mass is 470 g/mol. The van der Waals surface area contributed by atoms with Gasteiger partial charge in [-0.3, -0.25) is 4.72 Å². The molecule has 8 heteroatoms. The number of rotatable bonds is 9. The summed E-state index contributed by atoms with van der Waals surface area (Å²) in [6.45, 7) is 5.84. The minimum Gasteiger partial charge on any atom is -0.478 e. The number of thioether (sulfide) groups is 1. The molecule has 0 bridgehead atoms. The number of benzene rings is 2. The average Bonchev–Trinajstić information content (AvgIpc) is 2.78. The molecule has 0 radical (unpaired) electrons. The zero-order valence-electron chi connectivity index (χ0n) is 18.2. The van der Waals surface area contributed by atoms with Gasteiger partial charge in [0.1, 0.15) is 0 Å². The molecule has 1 aromatic heterocycles. The van der Waals surface area contributed by atoms with Gasteiger partial charge in [0.25, 0.3) is 10.0 Å². The molecule has 2 N–H and O–H groups in total. The number of hydrogen-bond acceptors (Lipinski definition) is 5. The second kappa shape index (κ2) is 10.2. The Hall–Kier alpha value is -2.84. The first-order valence-corrected chi connectivity index (χ1v) is 12.7. The minimum atomic E-state index is -3.95. The highest BCUT2D eigenvalue weighted by molar-refractivity contribution is 7.98. The van der Waals surface area contributed by atoms with E-state index in [1.807, 2.05) is 13.8 Å². The van der Waals surface area contributed by atoms with Crippen molar-refractivity contribution in [2.75, 3.05) is 4.72 Å². The number of carboxylic acids is 1. The molecule has 0 saturated carbocycles. The van der Waals surface area contributed by atoms with Gasteiger partial charge in [0, 0.05) is 5.75 Å². The van der Waals surface area contributed by atoms with E-state index in [2.05, 4.69) is 40.9 Å². The zero-order valence-corrected chi connectivity index (χ0v) is 19.8.